The number of carboxylic acids is 1. The van der Waals surface area contributed by atoms with Crippen molar-refractivity contribution in [2.24, 2.45) is 0 Å². The number of carbonyl (C=O) groups is 1. The third-order valence-corrected chi connectivity index (χ3v) is 3.41. The molecule has 5 heteroatoms. The minimum atomic E-state index is -0.764. The van der Waals surface area contributed by atoms with Gasteiger partial charge in [0, 0.05) is 12.7 Å². The number of rotatable bonds is 3. The maximum atomic E-state index is 11.2. The van der Waals surface area contributed by atoms with Gasteiger partial charge in [-0.2, -0.15) is 0 Å². The van der Waals surface area contributed by atoms with Gasteiger partial charge >= 0.3 is 5.97 Å². The summed E-state index contributed by atoms with van der Waals surface area (Å²) in [5, 5.41) is 9.19. The molecule has 1 unspecified atom stereocenters. The Hall–Kier alpha value is -2.04. The van der Waals surface area contributed by atoms with Gasteiger partial charge in [-0.1, -0.05) is 0 Å². The Kier molecular flexibility index (Phi) is 2.66. The highest BCUT2D eigenvalue weighted by Crippen LogP contribution is 2.29. The molecular formula is C13H14N2O3. The Balaban J connectivity index is 1.92. The Morgan fingerprint density at radius 1 is 1.61 bits per heavy atom. The van der Waals surface area contributed by atoms with Gasteiger partial charge in [0.15, 0.2) is 0 Å². The predicted octanol–water partition coefficient (Wildman–Crippen LogP) is 2.03. The van der Waals surface area contributed by atoms with E-state index in [0.717, 1.165) is 30.2 Å². The number of hydrogen-bond acceptors (Lipinski definition) is 3. The smallest absolute Gasteiger partial charge is 0.312 e. The Morgan fingerprint density at radius 3 is 3.22 bits per heavy atom. The fourth-order valence-electron chi connectivity index (χ4n) is 2.53. The van der Waals surface area contributed by atoms with Crippen molar-refractivity contribution in [2.75, 3.05) is 0 Å². The van der Waals surface area contributed by atoms with Gasteiger partial charge in [-0.3, -0.25) is 4.79 Å². The van der Waals surface area contributed by atoms with Crippen molar-refractivity contribution in [3.05, 3.63) is 41.9 Å². The van der Waals surface area contributed by atoms with Crippen LogP contribution in [0.1, 0.15) is 36.0 Å². The van der Waals surface area contributed by atoms with E-state index in [1.165, 1.54) is 0 Å². The van der Waals surface area contributed by atoms with Crippen LogP contribution in [0.4, 0.5) is 0 Å². The van der Waals surface area contributed by atoms with Gasteiger partial charge in [-0.25, -0.2) is 4.98 Å². The van der Waals surface area contributed by atoms with Crippen LogP contribution in [0.25, 0.3) is 0 Å². The second-order valence-electron chi connectivity index (χ2n) is 4.54. The van der Waals surface area contributed by atoms with E-state index in [1.807, 2.05) is 16.7 Å². The summed E-state index contributed by atoms with van der Waals surface area (Å²) in [5.74, 6) is 0.545. The minimum absolute atomic E-state index is 0.420. The third kappa shape index (κ3) is 1.81. The molecule has 2 aromatic heterocycles. The molecule has 5 nitrogen and oxygen atoms in total. The van der Waals surface area contributed by atoms with Crippen LogP contribution < -0.4 is 0 Å². The molecule has 94 valence electrons. The van der Waals surface area contributed by atoms with Crippen LogP contribution >= 0.6 is 0 Å². The van der Waals surface area contributed by atoms with Crippen molar-refractivity contribution < 1.29 is 14.3 Å². The number of aliphatic carboxylic acids is 1. The molecule has 0 saturated heterocycles. The molecule has 1 aliphatic rings. The van der Waals surface area contributed by atoms with Gasteiger partial charge in [0.2, 0.25) is 0 Å². The van der Waals surface area contributed by atoms with E-state index in [9.17, 15) is 9.90 Å². The van der Waals surface area contributed by atoms with E-state index in [2.05, 4.69) is 4.98 Å². The van der Waals surface area contributed by atoms with Crippen molar-refractivity contribution in [1.82, 2.24) is 9.55 Å². The van der Waals surface area contributed by atoms with E-state index < -0.39 is 11.9 Å². The van der Waals surface area contributed by atoms with Gasteiger partial charge in [-0.15, -0.1) is 0 Å². The van der Waals surface area contributed by atoms with E-state index in [4.69, 9.17) is 4.42 Å². The topological polar surface area (TPSA) is 68.3 Å². The molecule has 18 heavy (non-hydrogen) atoms. The first kappa shape index (κ1) is 11.1. The van der Waals surface area contributed by atoms with E-state index >= 15 is 0 Å². The second-order valence-corrected chi connectivity index (χ2v) is 4.54. The highest BCUT2D eigenvalue weighted by molar-refractivity contribution is 5.75. The van der Waals surface area contributed by atoms with Crippen LogP contribution in [0.2, 0.25) is 0 Å². The number of nitrogens with zero attached hydrogens (tertiary/aromatic N) is 2. The number of fused-ring (bicyclic) bond motifs is 1. The number of imidazole rings is 1. The summed E-state index contributed by atoms with van der Waals surface area (Å²) in [5.41, 5.74) is 0.815. The average molecular weight is 246 g/mol. The van der Waals surface area contributed by atoms with Crippen LogP contribution in [0.15, 0.2) is 29.0 Å². The van der Waals surface area contributed by atoms with E-state index in [1.54, 1.807) is 12.5 Å². The summed E-state index contributed by atoms with van der Waals surface area (Å²) in [4.78, 5) is 15.5. The van der Waals surface area contributed by atoms with Crippen LogP contribution in [0.5, 0.6) is 0 Å². The molecule has 1 N–H and O–H groups in total. The molecule has 0 aromatic carbocycles. The lowest BCUT2D eigenvalue weighted by atomic mass is 9.96. The van der Waals surface area contributed by atoms with Crippen LogP contribution in [0, 0.1) is 0 Å². The van der Waals surface area contributed by atoms with Crippen molar-refractivity contribution in [2.45, 2.75) is 31.7 Å². The van der Waals surface area contributed by atoms with Gasteiger partial charge in [0.25, 0.3) is 0 Å². The standard InChI is InChI=1S/C13H14N2O3/c16-13(17)10-4-1-5-15-11(10)8-14-12(15)7-9-3-2-6-18-9/h2-3,6,8,10H,1,4-5,7H2,(H,16,17). The summed E-state index contributed by atoms with van der Waals surface area (Å²) >= 11 is 0. The molecule has 0 aliphatic carbocycles. The third-order valence-electron chi connectivity index (χ3n) is 3.41. The zero-order valence-corrected chi connectivity index (χ0v) is 9.87. The van der Waals surface area contributed by atoms with Crippen LogP contribution in [0.3, 0.4) is 0 Å². The highest BCUT2D eigenvalue weighted by Gasteiger charge is 2.28. The fourth-order valence-corrected chi connectivity index (χ4v) is 2.53. The SMILES string of the molecule is O=C(O)C1CCCn2c1cnc2Cc1ccco1. The van der Waals surface area contributed by atoms with E-state index in [0.29, 0.717) is 12.8 Å². The van der Waals surface area contributed by atoms with Crippen molar-refractivity contribution >= 4 is 5.97 Å². The summed E-state index contributed by atoms with van der Waals surface area (Å²) in [6.45, 7) is 0.842. The first-order chi connectivity index (χ1) is 8.75. The summed E-state index contributed by atoms with van der Waals surface area (Å²) in [6.07, 6.45) is 5.51. The van der Waals surface area contributed by atoms with Crippen molar-refractivity contribution in [3.63, 3.8) is 0 Å². The predicted molar refractivity (Wildman–Crippen MR) is 63.4 cm³/mol. The van der Waals surface area contributed by atoms with Gasteiger partial charge in [-0.05, 0) is 25.0 Å². The molecule has 0 spiro atoms. The lowest BCUT2D eigenvalue weighted by Gasteiger charge is -2.22. The Labute approximate surface area is 104 Å². The van der Waals surface area contributed by atoms with Crippen LogP contribution in [-0.2, 0) is 17.8 Å². The normalized spacial score (nSPS) is 18.6. The summed E-state index contributed by atoms with van der Waals surface area (Å²) < 4.78 is 7.32. The zero-order chi connectivity index (χ0) is 12.5. The highest BCUT2D eigenvalue weighted by atomic mass is 16.4. The monoisotopic (exact) mass is 246 g/mol. The van der Waals surface area contributed by atoms with E-state index in [-0.39, 0.29) is 0 Å². The van der Waals surface area contributed by atoms with Crippen molar-refractivity contribution in [3.8, 4) is 0 Å². The van der Waals surface area contributed by atoms with Crippen molar-refractivity contribution in [1.29, 1.82) is 0 Å². The quantitative estimate of drug-likeness (QED) is 0.899. The maximum absolute atomic E-state index is 11.2. The minimum Gasteiger partial charge on any atom is -0.481 e. The maximum Gasteiger partial charge on any atom is 0.312 e. The molecule has 0 bridgehead atoms. The lowest BCUT2D eigenvalue weighted by molar-refractivity contribution is -0.139. The number of hydrogen-bond donors (Lipinski definition) is 1. The second kappa shape index (κ2) is 4.33. The largest absolute Gasteiger partial charge is 0.481 e. The molecule has 1 aliphatic heterocycles. The zero-order valence-electron chi connectivity index (χ0n) is 9.87. The number of aromatic nitrogens is 2. The molecule has 0 saturated carbocycles. The number of furan rings is 1. The van der Waals surface area contributed by atoms with Gasteiger partial charge < -0.3 is 14.1 Å². The molecule has 3 heterocycles. The molecule has 0 radical (unpaired) electrons. The van der Waals surface area contributed by atoms with Gasteiger partial charge in [0.05, 0.1) is 24.3 Å². The Morgan fingerprint density at radius 2 is 2.50 bits per heavy atom. The fraction of sp³-hybridized carbons (Fsp3) is 0.385. The van der Waals surface area contributed by atoms with Gasteiger partial charge in [0.1, 0.15) is 11.6 Å². The molecule has 0 fully saturated rings. The average Bonchev–Trinajstić information content (AvgIpc) is 2.99. The molecule has 3 rings (SSSR count). The molecular weight excluding hydrogens is 232 g/mol. The lowest BCUT2D eigenvalue weighted by Crippen LogP contribution is -2.22. The summed E-state index contributed by atoms with van der Waals surface area (Å²) in [7, 11) is 0. The molecule has 0 amide bonds. The molecule has 2 aromatic rings. The molecule has 1 atom stereocenters. The first-order valence-corrected chi connectivity index (χ1v) is 6.05. The van der Waals surface area contributed by atoms with Crippen LogP contribution in [-0.4, -0.2) is 20.6 Å². The Bertz CT molecular complexity index is 557. The summed E-state index contributed by atoms with van der Waals surface area (Å²) in [6, 6.07) is 3.74. The number of carboxylic acid groups (broad SMARTS) is 1. The first-order valence-electron chi connectivity index (χ1n) is 6.05.